The Labute approximate surface area is 118 Å². The van der Waals surface area contributed by atoms with E-state index in [9.17, 15) is 10.1 Å². The summed E-state index contributed by atoms with van der Waals surface area (Å²) >= 11 is 0. The Morgan fingerprint density at radius 2 is 2.10 bits per heavy atom. The third-order valence-electron chi connectivity index (χ3n) is 3.67. The van der Waals surface area contributed by atoms with Crippen molar-refractivity contribution in [1.29, 1.82) is 0 Å². The van der Waals surface area contributed by atoms with E-state index in [1.807, 2.05) is 13.0 Å². The van der Waals surface area contributed by atoms with Crippen LogP contribution in [0, 0.1) is 17.0 Å². The van der Waals surface area contributed by atoms with E-state index >= 15 is 0 Å². The minimum absolute atomic E-state index is 0.157. The zero-order valence-electron chi connectivity index (χ0n) is 11.8. The summed E-state index contributed by atoms with van der Waals surface area (Å²) in [5.74, 6) is 0. The lowest BCUT2D eigenvalue weighted by Gasteiger charge is -2.23. The molecule has 1 fully saturated rings. The van der Waals surface area contributed by atoms with E-state index in [1.54, 1.807) is 12.1 Å². The Morgan fingerprint density at radius 3 is 2.80 bits per heavy atom. The highest BCUT2D eigenvalue weighted by molar-refractivity contribution is 5.64. The second-order valence-electron chi connectivity index (χ2n) is 5.16. The average molecular weight is 279 g/mol. The number of aliphatic hydroxyl groups excluding tert-OH is 1. The molecule has 0 radical (unpaired) electrons. The normalized spacial score (nSPS) is 17.0. The molecule has 0 atom stereocenters. The molecule has 6 heteroatoms. The largest absolute Gasteiger partial charge is 0.395 e. The Kier molecular flexibility index (Phi) is 4.92. The van der Waals surface area contributed by atoms with Crippen molar-refractivity contribution in [1.82, 2.24) is 4.90 Å². The molecule has 20 heavy (non-hydrogen) atoms. The first-order chi connectivity index (χ1) is 9.61. The molecular weight excluding hydrogens is 258 g/mol. The first-order valence-electron chi connectivity index (χ1n) is 6.95. The summed E-state index contributed by atoms with van der Waals surface area (Å²) in [7, 11) is 0. The zero-order valence-corrected chi connectivity index (χ0v) is 11.8. The van der Waals surface area contributed by atoms with Gasteiger partial charge in [-0.2, -0.15) is 0 Å². The third-order valence-corrected chi connectivity index (χ3v) is 3.67. The second kappa shape index (κ2) is 6.67. The second-order valence-corrected chi connectivity index (χ2v) is 5.16. The monoisotopic (exact) mass is 279 g/mol. The topological polar surface area (TPSA) is 69.9 Å². The summed E-state index contributed by atoms with van der Waals surface area (Å²) < 4.78 is 0. The van der Waals surface area contributed by atoms with Crippen LogP contribution in [0.15, 0.2) is 18.2 Å². The predicted octanol–water partition coefficient (Wildman–Crippen LogP) is 1.41. The van der Waals surface area contributed by atoms with Gasteiger partial charge in [0.05, 0.1) is 11.5 Å². The maximum Gasteiger partial charge on any atom is 0.292 e. The standard InChI is InChI=1S/C14H21N3O3/c1-12-3-4-13(17(19)20)14(11-12)16-6-2-5-15(7-8-16)9-10-18/h3-4,11,18H,2,5-10H2,1H3. The minimum Gasteiger partial charge on any atom is -0.395 e. The van der Waals surface area contributed by atoms with E-state index in [0.717, 1.165) is 38.2 Å². The summed E-state index contributed by atoms with van der Waals surface area (Å²) in [6.07, 6.45) is 0.950. The van der Waals surface area contributed by atoms with Crippen LogP contribution in [0.2, 0.25) is 0 Å². The van der Waals surface area contributed by atoms with Crippen molar-refractivity contribution in [3.05, 3.63) is 33.9 Å². The fraction of sp³-hybridized carbons (Fsp3) is 0.571. The van der Waals surface area contributed by atoms with Crippen LogP contribution in [-0.2, 0) is 0 Å². The lowest BCUT2D eigenvalue weighted by molar-refractivity contribution is -0.384. The van der Waals surface area contributed by atoms with Gasteiger partial charge in [0, 0.05) is 32.2 Å². The third kappa shape index (κ3) is 3.46. The molecule has 0 aliphatic carbocycles. The summed E-state index contributed by atoms with van der Waals surface area (Å²) in [6.45, 7) is 6.09. The van der Waals surface area contributed by atoms with Crippen LogP contribution in [0.25, 0.3) is 0 Å². The van der Waals surface area contributed by atoms with Crippen molar-refractivity contribution in [2.24, 2.45) is 0 Å². The lowest BCUT2D eigenvalue weighted by Crippen LogP contribution is -2.32. The van der Waals surface area contributed by atoms with Crippen LogP contribution >= 0.6 is 0 Å². The van der Waals surface area contributed by atoms with Gasteiger partial charge in [-0.25, -0.2) is 0 Å². The summed E-state index contributed by atoms with van der Waals surface area (Å²) in [5, 5.41) is 20.2. The number of rotatable bonds is 4. The SMILES string of the molecule is Cc1ccc([N+](=O)[O-])c(N2CCCN(CCO)CC2)c1. The average Bonchev–Trinajstić information content (AvgIpc) is 2.64. The number of aryl methyl sites for hydroxylation is 1. The number of nitro groups is 1. The van der Waals surface area contributed by atoms with E-state index in [2.05, 4.69) is 9.80 Å². The molecule has 0 unspecified atom stereocenters. The van der Waals surface area contributed by atoms with E-state index < -0.39 is 0 Å². The molecule has 1 heterocycles. The molecule has 2 rings (SSSR count). The maximum absolute atomic E-state index is 11.2. The molecule has 1 aliphatic rings. The molecule has 1 saturated heterocycles. The lowest BCUT2D eigenvalue weighted by atomic mass is 10.1. The van der Waals surface area contributed by atoms with Crippen LogP contribution in [0.5, 0.6) is 0 Å². The van der Waals surface area contributed by atoms with Crippen LogP contribution in [-0.4, -0.2) is 54.3 Å². The van der Waals surface area contributed by atoms with E-state index in [-0.39, 0.29) is 17.2 Å². The fourth-order valence-electron chi connectivity index (χ4n) is 2.62. The number of benzene rings is 1. The van der Waals surface area contributed by atoms with Crippen LogP contribution < -0.4 is 4.90 Å². The van der Waals surface area contributed by atoms with Gasteiger partial charge in [0.25, 0.3) is 5.69 Å². The Bertz CT molecular complexity index is 479. The summed E-state index contributed by atoms with van der Waals surface area (Å²) in [6, 6.07) is 5.25. The highest BCUT2D eigenvalue weighted by Crippen LogP contribution is 2.29. The van der Waals surface area contributed by atoms with Gasteiger partial charge in [-0.1, -0.05) is 6.07 Å². The molecule has 6 nitrogen and oxygen atoms in total. The smallest absolute Gasteiger partial charge is 0.292 e. The van der Waals surface area contributed by atoms with E-state index in [0.29, 0.717) is 12.2 Å². The number of aliphatic hydroxyl groups is 1. The van der Waals surface area contributed by atoms with Crippen molar-refractivity contribution in [2.75, 3.05) is 44.2 Å². The van der Waals surface area contributed by atoms with Crippen molar-refractivity contribution in [3.8, 4) is 0 Å². The number of nitro benzene ring substituents is 1. The van der Waals surface area contributed by atoms with Crippen molar-refractivity contribution in [2.45, 2.75) is 13.3 Å². The highest BCUT2D eigenvalue weighted by Gasteiger charge is 2.22. The molecule has 0 bridgehead atoms. The molecule has 110 valence electrons. The van der Waals surface area contributed by atoms with Gasteiger partial charge in [0.1, 0.15) is 5.69 Å². The quantitative estimate of drug-likeness (QED) is 0.666. The van der Waals surface area contributed by atoms with Gasteiger partial charge in [-0.05, 0) is 31.5 Å². The number of nitrogens with zero attached hydrogens (tertiary/aromatic N) is 3. The van der Waals surface area contributed by atoms with Gasteiger partial charge >= 0.3 is 0 Å². The van der Waals surface area contributed by atoms with Crippen molar-refractivity contribution in [3.63, 3.8) is 0 Å². The number of β-amino-alcohol motifs (C(OH)–C–C–N with tert-alkyl or cyclic N) is 1. The summed E-state index contributed by atoms with van der Waals surface area (Å²) in [5.41, 5.74) is 1.91. The first kappa shape index (κ1) is 14.7. The molecule has 0 aromatic heterocycles. The fourth-order valence-corrected chi connectivity index (χ4v) is 2.62. The molecular formula is C14H21N3O3. The molecule has 1 N–H and O–H groups in total. The summed E-state index contributed by atoms with van der Waals surface area (Å²) in [4.78, 5) is 15.1. The minimum atomic E-state index is -0.314. The predicted molar refractivity (Wildman–Crippen MR) is 78.2 cm³/mol. The van der Waals surface area contributed by atoms with Gasteiger partial charge in [-0.15, -0.1) is 0 Å². The molecule has 0 spiro atoms. The van der Waals surface area contributed by atoms with Gasteiger partial charge in [-0.3, -0.25) is 15.0 Å². The van der Waals surface area contributed by atoms with Crippen molar-refractivity contribution >= 4 is 11.4 Å². The zero-order chi connectivity index (χ0) is 14.5. The van der Waals surface area contributed by atoms with Crippen LogP contribution in [0.4, 0.5) is 11.4 Å². The van der Waals surface area contributed by atoms with E-state index in [1.165, 1.54) is 0 Å². The number of hydrogen-bond acceptors (Lipinski definition) is 5. The van der Waals surface area contributed by atoms with Gasteiger partial charge in [0.15, 0.2) is 0 Å². The van der Waals surface area contributed by atoms with Gasteiger partial charge in [0.2, 0.25) is 0 Å². The van der Waals surface area contributed by atoms with Crippen molar-refractivity contribution < 1.29 is 10.0 Å². The molecule has 1 aromatic rings. The maximum atomic E-state index is 11.2. The number of anilines is 1. The van der Waals surface area contributed by atoms with Crippen LogP contribution in [0.3, 0.4) is 0 Å². The molecule has 1 aliphatic heterocycles. The number of hydrogen-bond donors (Lipinski definition) is 1. The highest BCUT2D eigenvalue weighted by atomic mass is 16.6. The van der Waals surface area contributed by atoms with E-state index in [4.69, 9.17) is 5.11 Å². The Hall–Kier alpha value is -1.66. The van der Waals surface area contributed by atoms with Crippen LogP contribution in [0.1, 0.15) is 12.0 Å². The molecule has 0 amide bonds. The molecule has 1 aromatic carbocycles. The first-order valence-corrected chi connectivity index (χ1v) is 6.95. The Balaban J connectivity index is 2.18. The van der Waals surface area contributed by atoms with Gasteiger partial charge < -0.3 is 10.0 Å². The Morgan fingerprint density at radius 1 is 1.30 bits per heavy atom. The molecule has 0 saturated carbocycles.